The summed E-state index contributed by atoms with van der Waals surface area (Å²) >= 11 is 1.65. The summed E-state index contributed by atoms with van der Waals surface area (Å²) in [5, 5.41) is 18.4. The predicted molar refractivity (Wildman–Crippen MR) is 57.0 cm³/mol. The zero-order valence-corrected chi connectivity index (χ0v) is 8.94. The van der Waals surface area contributed by atoms with Crippen molar-refractivity contribution in [3.05, 3.63) is 23.3 Å². The standard InChI is InChI=1S/C9H11N5S/c1-3-7(10-5-1)9-11-12-13-14(9)8-4-2-6-15-8/h2,4,6-7,10H,1,3,5H2. The molecule has 78 valence electrons. The maximum atomic E-state index is 4.10. The Labute approximate surface area is 91.1 Å². The van der Waals surface area contributed by atoms with Gasteiger partial charge in [0.15, 0.2) is 5.82 Å². The van der Waals surface area contributed by atoms with E-state index in [1.807, 2.05) is 22.2 Å². The number of hydrogen-bond donors (Lipinski definition) is 1. The van der Waals surface area contributed by atoms with Gasteiger partial charge in [-0.15, -0.1) is 16.4 Å². The van der Waals surface area contributed by atoms with Gasteiger partial charge in [-0.25, -0.2) is 0 Å². The molecular formula is C9H11N5S. The number of hydrogen-bond acceptors (Lipinski definition) is 5. The van der Waals surface area contributed by atoms with Crippen molar-refractivity contribution in [1.29, 1.82) is 0 Å². The van der Waals surface area contributed by atoms with Crippen LogP contribution in [0.1, 0.15) is 24.7 Å². The minimum absolute atomic E-state index is 0.307. The van der Waals surface area contributed by atoms with Gasteiger partial charge in [-0.05, 0) is 47.3 Å². The van der Waals surface area contributed by atoms with E-state index in [0.717, 1.165) is 23.8 Å². The molecule has 1 aliphatic heterocycles. The molecule has 0 saturated carbocycles. The van der Waals surface area contributed by atoms with E-state index in [9.17, 15) is 0 Å². The summed E-state index contributed by atoms with van der Waals surface area (Å²) in [5.74, 6) is 0.926. The molecule has 0 aliphatic carbocycles. The van der Waals surface area contributed by atoms with E-state index in [1.54, 1.807) is 11.3 Å². The minimum Gasteiger partial charge on any atom is -0.307 e. The monoisotopic (exact) mass is 221 g/mol. The highest BCUT2D eigenvalue weighted by atomic mass is 32.1. The molecule has 5 nitrogen and oxygen atoms in total. The largest absolute Gasteiger partial charge is 0.307 e. The number of aromatic nitrogens is 4. The third kappa shape index (κ3) is 1.55. The van der Waals surface area contributed by atoms with Gasteiger partial charge in [0.1, 0.15) is 5.00 Å². The molecule has 3 rings (SSSR count). The van der Waals surface area contributed by atoms with Gasteiger partial charge in [0.2, 0.25) is 0 Å². The van der Waals surface area contributed by atoms with Crippen molar-refractivity contribution in [2.45, 2.75) is 18.9 Å². The molecule has 1 aliphatic rings. The van der Waals surface area contributed by atoms with Crippen LogP contribution in [0.15, 0.2) is 17.5 Å². The third-order valence-electron chi connectivity index (χ3n) is 2.58. The van der Waals surface area contributed by atoms with Crippen LogP contribution < -0.4 is 5.32 Å². The lowest BCUT2D eigenvalue weighted by Gasteiger charge is -2.08. The lowest BCUT2D eigenvalue weighted by molar-refractivity contribution is 0.585. The van der Waals surface area contributed by atoms with Crippen LogP contribution in [0.3, 0.4) is 0 Å². The second kappa shape index (κ2) is 3.71. The Bertz CT molecular complexity index is 429. The van der Waals surface area contributed by atoms with E-state index in [0.29, 0.717) is 6.04 Å². The number of thiophene rings is 1. The normalized spacial score (nSPS) is 20.9. The Morgan fingerprint density at radius 1 is 1.53 bits per heavy atom. The van der Waals surface area contributed by atoms with Crippen molar-refractivity contribution >= 4 is 11.3 Å². The summed E-state index contributed by atoms with van der Waals surface area (Å²) in [6, 6.07) is 4.34. The van der Waals surface area contributed by atoms with E-state index >= 15 is 0 Å². The lowest BCUT2D eigenvalue weighted by atomic mass is 10.2. The minimum atomic E-state index is 0.307. The van der Waals surface area contributed by atoms with Crippen molar-refractivity contribution in [2.75, 3.05) is 6.54 Å². The summed E-state index contributed by atoms with van der Waals surface area (Å²) in [5.41, 5.74) is 0. The molecule has 3 heterocycles. The van der Waals surface area contributed by atoms with Crippen LogP contribution >= 0.6 is 11.3 Å². The molecule has 0 amide bonds. The molecule has 1 saturated heterocycles. The van der Waals surface area contributed by atoms with Crippen LogP contribution in [-0.4, -0.2) is 26.8 Å². The Morgan fingerprint density at radius 3 is 3.27 bits per heavy atom. The maximum Gasteiger partial charge on any atom is 0.174 e. The molecule has 2 aromatic rings. The second-order valence-corrected chi connectivity index (χ2v) is 4.48. The van der Waals surface area contributed by atoms with Crippen molar-refractivity contribution in [3.63, 3.8) is 0 Å². The fourth-order valence-electron chi connectivity index (χ4n) is 1.86. The first kappa shape index (κ1) is 8.99. The molecule has 0 bridgehead atoms. The van der Waals surface area contributed by atoms with Gasteiger partial charge in [-0.2, -0.15) is 4.68 Å². The molecule has 0 aromatic carbocycles. The molecule has 1 atom stereocenters. The fraction of sp³-hybridized carbons (Fsp3) is 0.444. The summed E-state index contributed by atoms with van der Waals surface area (Å²) in [6.45, 7) is 1.06. The SMILES string of the molecule is c1csc(-n2nnnc2C2CCCN2)c1. The quantitative estimate of drug-likeness (QED) is 0.826. The van der Waals surface area contributed by atoms with Gasteiger partial charge in [-0.3, -0.25) is 0 Å². The number of tetrazole rings is 1. The second-order valence-electron chi connectivity index (χ2n) is 3.55. The Morgan fingerprint density at radius 2 is 2.53 bits per heavy atom. The first-order chi connectivity index (χ1) is 7.45. The molecule has 2 aromatic heterocycles. The van der Waals surface area contributed by atoms with Crippen molar-refractivity contribution in [1.82, 2.24) is 25.5 Å². The Hall–Kier alpha value is -1.27. The van der Waals surface area contributed by atoms with Crippen LogP contribution in [-0.2, 0) is 0 Å². The van der Waals surface area contributed by atoms with Crippen LogP contribution in [0.4, 0.5) is 0 Å². The molecule has 1 unspecified atom stereocenters. The summed E-state index contributed by atoms with van der Waals surface area (Å²) in [6.07, 6.45) is 2.31. The number of rotatable bonds is 2. The zero-order valence-electron chi connectivity index (χ0n) is 8.13. The van der Waals surface area contributed by atoms with Crippen molar-refractivity contribution in [2.24, 2.45) is 0 Å². The van der Waals surface area contributed by atoms with Crippen molar-refractivity contribution < 1.29 is 0 Å². The smallest absolute Gasteiger partial charge is 0.174 e. The molecule has 15 heavy (non-hydrogen) atoms. The van der Waals surface area contributed by atoms with Crippen LogP contribution in [0, 0.1) is 0 Å². The van der Waals surface area contributed by atoms with Gasteiger partial charge in [0, 0.05) is 0 Å². The fourth-order valence-corrected chi connectivity index (χ4v) is 2.55. The molecule has 0 spiro atoms. The highest BCUT2D eigenvalue weighted by molar-refractivity contribution is 7.12. The highest BCUT2D eigenvalue weighted by Gasteiger charge is 2.23. The topological polar surface area (TPSA) is 55.6 Å². The maximum absolute atomic E-state index is 4.10. The van der Waals surface area contributed by atoms with E-state index in [-0.39, 0.29) is 0 Å². The summed E-state index contributed by atoms with van der Waals surface area (Å²) < 4.78 is 1.83. The highest BCUT2D eigenvalue weighted by Crippen LogP contribution is 2.23. The van der Waals surface area contributed by atoms with E-state index < -0.39 is 0 Å². The number of nitrogens with zero attached hydrogens (tertiary/aromatic N) is 4. The third-order valence-corrected chi connectivity index (χ3v) is 3.42. The van der Waals surface area contributed by atoms with Gasteiger partial charge >= 0.3 is 0 Å². The Balaban J connectivity index is 1.98. The Kier molecular flexibility index (Phi) is 2.22. The lowest BCUT2D eigenvalue weighted by Crippen LogP contribution is -2.17. The average molecular weight is 221 g/mol. The molecule has 6 heteroatoms. The van der Waals surface area contributed by atoms with Crippen LogP contribution in [0.2, 0.25) is 0 Å². The first-order valence-electron chi connectivity index (χ1n) is 5.01. The van der Waals surface area contributed by atoms with E-state index in [4.69, 9.17) is 0 Å². The summed E-state index contributed by atoms with van der Waals surface area (Å²) in [7, 11) is 0. The predicted octanol–water partition coefficient (Wildman–Crippen LogP) is 1.15. The average Bonchev–Trinajstić information content (AvgIpc) is 3.01. The molecule has 0 radical (unpaired) electrons. The number of nitrogens with one attached hydrogen (secondary N) is 1. The van der Waals surface area contributed by atoms with E-state index in [2.05, 4.69) is 20.8 Å². The van der Waals surface area contributed by atoms with Crippen LogP contribution in [0.25, 0.3) is 5.00 Å². The van der Waals surface area contributed by atoms with Crippen molar-refractivity contribution in [3.8, 4) is 5.00 Å². The molecular weight excluding hydrogens is 210 g/mol. The van der Waals surface area contributed by atoms with Gasteiger partial charge in [0.05, 0.1) is 6.04 Å². The zero-order chi connectivity index (χ0) is 10.1. The van der Waals surface area contributed by atoms with Gasteiger partial charge < -0.3 is 5.32 Å². The van der Waals surface area contributed by atoms with Gasteiger partial charge in [-0.1, -0.05) is 0 Å². The van der Waals surface area contributed by atoms with E-state index in [1.165, 1.54) is 6.42 Å². The summed E-state index contributed by atoms with van der Waals surface area (Å²) in [4.78, 5) is 0. The first-order valence-corrected chi connectivity index (χ1v) is 5.88. The molecule has 1 N–H and O–H groups in total. The van der Waals surface area contributed by atoms with Gasteiger partial charge in [0.25, 0.3) is 0 Å². The molecule has 1 fully saturated rings. The van der Waals surface area contributed by atoms with Crippen LogP contribution in [0.5, 0.6) is 0 Å².